The van der Waals surface area contributed by atoms with Crippen molar-refractivity contribution in [2.75, 3.05) is 6.61 Å². The van der Waals surface area contributed by atoms with Crippen LogP contribution in [0.3, 0.4) is 0 Å². The van der Waals surface area contributed by atoms with Crippen molar-refractivity contribution in [3.63, 3.8) is 0 Å². The third kappa shape index (κ3) is 6.99. The smallest absolute Gasteiger partial charge is 0.306 e. The summed E-state index contributed by atoms with van der Waals surface area (Å²) in [5.41, 5.74) is 0.591. The number of ether oxygens (including phenoxy) is 1. The molecule has 0 N–H and O–H groups in total. The van der Waals surface area contributed by atoms with Crippen molar-refractivity contribution in [2.45, 2.75) is 136 Å². The number of carbonyl (C=O) groups excluding carboxylic acids is 1. The van der Waals surface area contributed by atoms with E-state index in [4.69, 9.17) is 4.74 Å². The van der Waals surface area contributed by atoms with Gasteiger partial charge in [-0.3, -0.25) is 4.79 Å². The minimum atomic E-state index is 0.0823. The van der Waals surface area contributed by atoms with Crippen LogP contribution in [-0.4, -0.2) is 12.6 Å². The molecule has 2 nitrogen and oxygen atoms in total. The number of esters is 1. The number of carbonyl (C=O) groups is 1. The van der Waals surface area contributed by atoms with Crippen molar-refractivity contribution in [2.24, 2.45) is 29.1 Å². The van der Waals surface area contributed by atoms with Crippen LogP contribution in [0, 0.1) is 29.1 Å². The zero-order valence-electron chi connectivity index (χ0n) is 20.3. The first-order chi connectivity index (χ1) is 14.6. The maximum atomic E-state index is 12.4. The Morgan fingerprint density at radius 1 is 0.767 bits per heavy atom. The molecule has 0 amide bonds. The summed E-state index contributed by atoms with van der Waals surface area (Å²) >= 11 is 0. The molecule has 3 aliphatic rings. The molecule has 0 aromatic heterocycles. The molecule has 30 heavy (non-hydrogen) atoms. The molecule has 0 aromatic rings. The van der Waals surface area contributed by atoms with E-state index in [0.717, 1.165) is 24.2 Å². The molecule has 0 atom stereocenters. The van der Waals surface area contributed by atoms with Crippen LogP contribution in [0.1, 0.15) is 136 Å². The van der Waals surface area contributed by atoms with E-state index in [-0.39, 0.29) is 5.97 Å². The summed E-state index contributed by atoms with van der Waals surface area (Å²) in [4.78, 5) is 12.4. The van der Waals surface area contributed by atoms with Gasteiger partial charge in [-0.1, -0.05) is 78.1 Å². The zero-order chi connectivity index (χ0) is 21.2. The largest absolute Gasteiger partial charge is 0.466 e. The predicted molar refractivity (Wildman–Crippen MR) is 126 cm³/mol. The summed E-state index contributed by atoms with van der Waals surface area (Å²) in [6.45, 7) is 5.38. The molecular weight excluding hydrogens is 368 g/mol. The van der Waals surface area contributed by atoms with Gasteiger partial charge in [0.1, 0.15) is 0 Å². The molecule has 0 radical (unpaired) electrons. The van der Waals surface area contributed by atoms with Gasteiger partial charge in [0, 0.05) is 6.42 Å². The average molecular weight is 419 g/mol. The molecular formula is C28H50O2. The van der Waals surface area contributed by atoms with Crippen LogP contribution in [0.4, 0.5) is 0 Å². The van der Waals surface area contributed by atoms with Crippen molar-refractivity contribution in [1.29, 1.82) is 0 Å². The van der Waals surface area contributed by atoms with Crippen molar-refractivity contribution in [3.05, 3.63) is 0 Å². The Morgan fingerprint density at radius 2 is 1.43 bits per heavy atom. The molecule has 0 aliphatic heterocycles. The molecule has 174 valence electrons. The lowest BCUT2D eigenvalue weighted by molar-refractivity contribution is -0.145. The lowest BCUT2D eigenvalue weighted by Crippen LogP contribution is -2.37. The molecule has 3 rings (SSSR count). The Hall–Kier alpha value is -0.530. The fraction of sp³-hybridized carbons (Fsp3) is 0.964. The Balaban J connectivity index is 1.38. The summed E-state index contributed by atoms with van der Waals surface area (Å²) in [6, 6.07) is 0. The van der Waals surface area contributed by atoms with Gasteiger partial charge in [-0.05, 0) is 80.5 Å². The lowest BCUT2D eigenvalue weighted by Gasteiger charge is -2.48. The summed E-state index contributed by atoms with van der Waals surface area (Å²) in [5.74, 6) is 3.43. The van der Waals surface area contributed by atoms with Crippen LogP contribution in [-0.2, 0) is 9.53 Å². The summed E-state index contributed by atoms with van der Waals surface area (Å²) in [6.07, 6.45) is 25.3. The number of hydrogen-bond donors (Lipinski definition) is 0. The van der Waals surface area contributed by atoms with Crippen molar-refractivity contribution in [1.82, 2.24) is 0 Å². The molecule has 0 saturated heterocycles. The normalized spacial score (nSPS) is 33.3. The van der Waals surface area contributed by atoms with Gasteiger partial charge in [0.05, 0.1) is 6.61 Å². The van der Waals surface area contributed by atoms with E-state index in [1.165, 1.54) is 109 Å². The standard InChI is InChI=1S/C28H50O2/c1-3-8-23-11-13-26(14-12-23)28(18-4-2)19-15-25(16-20-28)22-27(29)30-21-17-24-9-6-5-7-10-24/h23-26H,3-22H2,1-2H3/t23?,25-,26?,28+. The monoisotopic (exact) mass is 418 g/mol. The second-order valence-electron chi connectivity index (χ2n) is 11.3. The minimum absolute atomic E-state index is 0.0823. The van der Waals surface area contributed by atoms with Crippen LogP contribution in [0.25, 0.3) is 0 Å². The Bertz CT molecular complexity index is 477. The van der Waals surface area contributed by atoms with E-state index >= 15 is 0 Å². The quantitative estimate of drug-likeness (QED) is 0.332. The molecule has 2 heteroatoms. The van der Waals surface area contributed by atoms with Gasteiger partial charge in [0.2, 0.25) is 0 Å². The van der Waals surface area contributed by atoms with E-state index in [1.807, 2.05) is 0 Å². The highest BCUT2D eigenvalue weighted by atomic mass is 16.5. The number of rotatable bonds is 10. The maximum absolute atomic E-state index is 12.4. The van der Waals surface area contributed by atoms with Gasteiger partial charge in [0.25, 0.3) is 0 Å². The lowest BCUT2D eigenvalue weighted by atomic mass is 9.57. The number of hydrogen-bond acceptors (Lipinski definition) is 2. The second-order valence-corrected chi connectivity index (χ2v) is 11.3. The van der Waals surface area contributed by atoms with Crippen LogP contribution >= 0.6 is 0 Å². The molecule has 0 unspecified atom stereocenters. The Labute approximate surface area is 187 Å². The van der Waals surface area contributed by atoms with E-state index in [1.54, 1.807) is 0 Å². The van der Waals surface area contributed by atoms with E-state index < -0.39 is 0 Å². The molecule has 0 heterocycles. The van der Waals surface area contributed by atoms with Crippen LogP contribution in [0.15, 0.2) is 0 Å². The SMILES string of the molecule is CCCC1CCC([C@]2(CCC)CC[C@H](CC(=O)OCCC3CCCCC3)CC2)CC1. The van der Waals surface area contributed by atoms with Crippen LogP contribution in [0.5, 0.6) is 0 Å². The van der Waals surface area contributed by atoms with Crippen molar-refractivity contribution in [3.8, 4) is 0 Å². The van der Waals surface area contributed by atoms with Crippen LogP contribution in [0.2, 0.25) is 0 Å². The predicted octanol–water partition coefficient (Wildman–Crippen LogP) is 8.47. The van der Waals surface area contributed by atoms with E-state index in [9.17, 15) is 4.79 Å². The molecule has 3 saturated carbocycles. The highest BCUT2D eigenvalue weighted by Gasteiger charge is 2.42. The highest BCUT2D eigenvalue weighted by Crippen LogP contribution is 2.53. The summed E-state index contributed by atoms with van der Waals surface area (Å²) in [5, 5.41) is 0. The van der Waals surface area contributed by atoms with Gasteiger partial charge in [-0.15, -0.1) is 0 Å². The van der Waals surface area contributed by atoms with Crippen molar-refractivity contribution < 1.29 is 9.53 Å². The molecule has 3 aliphatic carbocycles. The molecule has 0 bridgehead atoms. The third-order valence-electron chi connectivity index (χ3n) is 9.23. The van der Waals surface area contributed by atoms with E-state index in [2.05, 4.69) is 13.8 Å². The van der Waals surface area contributed by atoms with Gasteiger partial charge in [-0.2, -0.15) is 0 Å². The topological polar surface area (TPSA) is 26.3 Å². The minimum Gasteiger partial charge on any atom is -0.466 e. The Kier molecular flexibility index (Phi) is 10.0. The fourth-order valence-electron chi connectivity index (χ4n) is 7.40. The first-order valence-electron chi connectivity index (χ1n) is 13.8. The summed E-state index contributed by atoms with van der Waals surface area (Å²) < 4.78 is 5.66. The molecule has 0 aromatic carbocycles. The van der Waals surface area contributed by atoms with Gasteiger partial charge in [-0.25, -0.2) is 0 Å². The zero-order valence-corrected chi connectivity index (χ0v) is 20.3. The fourth-order valence-corrected chi connectivity index (χ4v) is 7.40. The van der Waals surface area contributed by atoms with Crippen LogP contribution < -0.4 is 0 Å². The Morgan fingerprint density at radius 3 is 2.07 bits per heavy atom. The van der Waals surface area contributed by atoms with Crippen molar-refractivity contribution >= 4 is 5.97 Å². The maximum Gasteiger partial charge on any atom is 0.306 e. The van der Waals surface area contributed by atoms with Gasteiger partial charge in [0.15, 0.2) is 0 Å². The highest BCUT2D eigenvalue weighted by molar-refractivity contribution is 5.69. The van der Waals surface area contributed by atoms with Gasteiger partial charge >= 0.3 is 5.97 Å². The first-order valence-corrected chi connectivity index (χ1v) is 13.8. The molecule has 3 fully saturated rings. The van der Waals surface area contributed by atoms with E-state index in [0.29, 0.717) is 24.4 Å². The average Bonchev–Trinajstić information content (AvgIpc) is 2.77. The third-order valence-corrected chi connectivity index (χ3v) is 9.23. The van der Waals surface area contributed by atoms with Gasteiger partial charge < -0.3 is 4.74 Å². The second kappa shape index (κ2) is 12.5. The first kappa shape index (κ1) is 24.1. The summed E-state index contributed by atoms with van der Waals surface area (Å²) in [7, 11) is 0. The molecule has 0 spiro atoms.